The zero-order valence-electron chi connectivity index (χ0n) is 0.986. The fourth-order valence-corrected chi connectivity index (χ4v) is 0. The van der Waals surface area contributed by atoms with E-state index in [1.165, 1.54) is 0 Å². The van der Waals surface area contributed by atoms with E-state index in [9.17, 15) is 0 Å². The Balaban J connectivity index is 0. The smallest absolute Gasteiger partial charge is 0 e. The van der Waals surface area contributed by atoms with Gasteiger partial charge >= 0.3 is 68.8 Å². The van der Waals surface area contributed by atoms with Crippen LogP contribution in [0.3, 0.4) is 0 Å². The van der Waals surface area contributed by atoms with Crippen LogP contribution in [0.5, 0.6) is 0 Å². The average molecular weight is 535 g/mol. The number of rotatable bonds is 0. The predicted octanol–water partition coefficient (Wildman–Crippen LogP) is -3.93. The van der Waals surface area contributed by atoms with Gasteiger partial charge in [-0.3, -0.25) is 0 Å². The molecule has 0 saturated heterocycles. The minimum atomic E-state index is 0. The summed E-state index contributed by atoms with van der Waals surface area (Å²) in [5.41, 5.74) is 0. The molecule has 0 aliphatic carbocycles. The Hall–Kier alpha value is 3.05. The minimum absolute atomic E-state index is 0. The van der Waals surface area contributed by atoms with E-state index < -0.39 is 0 Å². The maximum Gasteiger partial charge on any atom is 0 e. The van der Waals surface area contributed by atoms with Crippen LogP contribution >= 0.6 is 0 Å². The van der Waals surface area contributed by atoms with Gasteiger partial charge in [-0.15, -0.1) is 0 Å². The standard InChI is InChI=1S/GeH4.Pb.Sn.Te.5H/h1H4;;;;;;;;. The maximum atomic E-state index is 0. The molecule has 0 unspecified atom stereocenters. The summed E-state index contributed by atoms with van der Waals surface area (Å²) in [6.07, 6.45) is 0. The molecule has 4 heavy (non-hydrogen) atoms. The molecule has 5 radical (unpaired) electrons. The summed E-state index contributed by atoms with van der Waals surface area (Å²) < 4.78 is 0. The van der Waals surface area contributed by atoms with Crippen LogP contribution in [0.1, 0.15) is 0 Å². The van der Waals surface area contributed by atoms with Crippen LogP contribution in [0, 0.1) is 0 Å². The van der Waals surface area contributed by atoms with Crippen molar-refractivity contribution >= 4 is 92.5 Å². The predicted molar refractivity (Wildman–Crippen MR) is 35.6 cm³/mol. The normalized spacial score (nSPS) is 0. The third-order valence-electron chi connectivity index (χ3n) is 0. The Bertz CT molecular complexity index is 8.00. The molecule has 4 heteroatoms. The molecular weight excluding hydrogens is 526 g/mol. The fraction of sp³-hybridized carbons (Fsp3) is 0. The van der Waals surface area contributed by atoms with Crippen LogP contribution in [0.2, 0.25) is 0 Å². The Morgan fingerprint density at radius 3 is 1.00 bits per heavy atom. The molecule has 0 nitrogen and oxygen atoms in total. The van der Waals surface area contributed by atoms with Crippen molar-refractivity contribution in [1.82, 2.24) is 0 Å². The Labute approximate surface area is 90.7 Å². The first-order chi connectivity index (χ1) is 0. The monoisotopic (exact) mass is 541 g/mol. The number of hydrogen-bond acceptors (Lipinski definition) is 0. The molecule has 27 valence electrons. The van der Waals surface area contributed by atoms with Crippen molar-refractivity contribution in [2.75, 3.05) is 0 Å². The molecule has 0 bridgehead atoms. The van der Waals surface area contributed by atoms with Crippen molar-refractivity contribution < 1.29 is 0 Å². The van der Waals surface area contributed by atoms with Gasteiger partial charge in [0.25, 0.3) is 0 Å². The van der Waals surface area contributed by atoms with E-state index in [1.807, 2.05) is 0 Å². The molecule has 0 heterocycles. The molecule has 0 amide bonds. The maximum absolute atomic E-state index is 0. The second-order valence-corrected chi connectivity index (χ2v) is 0. The molecule has 0 atom stereocenters. The minimum Gasteiger partial charge on any atom is 0 e. The first-order valence-corrected chi connectivity index (χ1v) is 0. The van der Waals surface area contributed by atoms with Gasteiger partial charge in [0, 0.05) is 23.7 Å². The molecule has 0 fully saturated rings. The molecule has 0 aromatic heterocycles. The van der Waals surface area contributed by atoms with Gasteiger partial charge in [0.15, 0.2) is 0 Å². The molecule has 0 saturated carbocycles. The van der Waals surface area contributed by atoms with Gasteiger partial charge in [0.2, 0.25) is 0 Å². The molecule has 0 N–H and O–H groups in total. The van der Waals surface area contributed by atoms with E-state index in [-0.39, 0.29) is 92.5 Å². The van der Waals surface area contributed by atoms with Crippen molar-refractivity contribution in [3.63, 3.8) is 0 Å². The van der Waals surface area contributed by atoms with E-state index in [0.29, 0.717) is 0 Å². The van der Waals surface area contributed by atoms with Crippen LogP contribution < -0.4 is 0 Å². The largest absolute Gasteiger partial charge is 0 e. The van der Waals surface area contributed by atoms with Crippen molar-refractivity contribution in [2.24, 2.45) is 0 Å². The van der Waals surface area contributed by atoms with E-state index >= 15 is 0 Å². The van der Waals surface area contributed by atoms with Crippen LogP contribution in [-0.4, -0.2) is 92.5 Å². The topological polar surface area (TPSA) is 0 Å². The van der Waals surface area contributed by atoms with Gasteiger partial charge in [0.1, 0.15) is 0 Å². The summed E-state index contributed by atoms with van der Waals surface area (Å²) in [5, 5.41) is 0. The summed E-state index contributed by atoms with van der Waals surface area (Å²) in [7, 11) is 0. The second-order valence-electron chi connectivity index (χ2n) is 0. The van der Waals surface area contributed by atoms with E-state index in [1.54, 1.807) is 0 Å². The summed E-state index contributed by atoms with van der Waals surface area (Å²) in [6, 6.07) is 0. The second kappa shape index (κ2) is 16.6. The number of hydrogen-bond donors (Lipinski definition) is 0. The van der Waals surface area contributed by atoms with E-state index in [0.717, 1.165) is 0 Å². The molecule has 0 aliphatic heterocycles. The van der Waals surface area contributed by atoms with Gasteiger partial charge in [-0.1, -0.05) is 0 Å². The SMILES string of the molecule is [GeH4].[PbH].[SnH4].[Te]. The van der Waals surface area contributed by atoms with Gasteiger partial charge in [0.05, 0.1) is 0 Å². The zero-order chi connectivity index (χ0) is 0. The molecule has 0 rings (SSSR count). The van der Waals surface area contributed by atoms with Crippen molar-refractivity contribution in [2.45, 2.75) is 0 Å². The third-order valence-corrected chi connectivity index (χ3v) is 0. The van der Waals surface area contributed by atoms with Crippen molar-refractivity contribution in [3.05, 3.63) is 0 Å². The molecule has 0 aromatic carbocycles. The Kier molecular flexibility index (Phi) is 115. The molecule has 0 aliphatic rings. The Morgan fingerprint density at radius 2 is 1.00 bits per heavy atom. The van der Waals surface area contributed by atoms with Crippen molar-refractivity contribution in [1.29, 1.82) is 0 Å². The van der Waals surface area contributed by atoms with Crippen LogP contribution in [0.4, 0.5) is 0 Å². The van der Waals surface area contributed by atoms with Gasteiger partial charge in [-0.2, -0.15) is 0 Å². The van der Waals surface area contributed by atoms with Crippen LogP contribution in [0.15, 0.2) is 0 Å². The summed E-state index contributed by atoms with van der Waals surface area (Å²) in [6.45, 7) is 0. The fourth-order valence-electron chi connectivity index (χ4n) is 0. The Morgan fingerprint density at radius 1 is 1.00 bits per heavy atom. The van der Waals surface area contributed by atoms with E-state index in [2.05, 4.69) is 0 Å². The average Bonchev–Trinajstić information content (AvgIpc) is 0. The molecule has 0 spiro atoms. The molecular formula is H9GePbSnTe. The summed E-state index contributed by atoms with van der Waals surface area (Å²) in [5.74, 6) is 0. The third kappa shape index (κ3) is 8.91. The van der Waals surface area contributed by atoms with Gasteiger partial charge < -0.3 is 0 Å². The molecule has 0 aromatic rings. The quantitative estimate of drug-likeness (QED) is 0.279. The van der Waals surface area contributed by atoms with E-state index in [4.69, 9.17) is 0 Å². The first-order valence-electron chi connectivity index (χ1n) is 0. The van der Waals surface area contributed by atoms with Gasteiger partial charge in [-0.05, 0) is 0 Å². The van der Waals surface area contributed by atoms with Crippen molar-refractivity contribution in [3.8, 4) is 0 Å². The summed E-state index contributed by atoms with van der Waals surface area (Å²) in [4.78, 5) is 0. The van der Waals surface area contributed by atoms with Crippen LogP contribution in [-0.2, 0) is 0 Å². The zero-order valence-corrected chi connectivity index (χ0v) is 7.80. The van der Waals surface area contributed by atoms with Gasteiger partial charge in [-0.25, -0.2) is 0 Å². The summed E-state index contributed by atoms with van der Waals surface area (Å²) >= 11 is 0. The van der Waals surface area contributed by atoms with Crippen LogP contribution in [0.25, 0.3) is 0 Å². The first kappa shape index (κ1) is 27.7.